The zero-order valence-corrected chi connectivity index (χ0v) is 8.16. The molecule has 0 bridgehead atoms. The Hall–Kier alpha value is -0.830. The highest BCUT2D eigenvalue weighted by Crippen LogP contribution is 2.12. The Morgan fingerprint density at radius 2 is 2.23 bits per heavy atom. The molecule has 0 aromatic rings. The van der Waals surface area contributed by atoms with Crippen LogP contribution < -0.4 is 5.32 Å². The summed E-state index contributed by atoms with van der Waals surface area (Å²) in [7, 11) is 0. The summed E-state index contributed by atoms with van der Waals surface area (Å²) >= 11 is 0. The minimum atomic E-state index is 0.478. The molecule has 13 heavy (non-hydrogen) atoms. The van der Waals surface area contributed by atoms with Gasteiger partial charge in [0.15, 0.2) is 0 Å². The van der Waals surface area contributed by atoms with E-state index >= 15 is 0 Å². The number of nitrogens with zero attached hydrogens (tertiary/aromatic N) is 2. The molecule has 0 spiro atoms. The maximum atomic E-state index is 4.43. The molecule has 1 N–H and O–H groups in total. The number of hydrogen-bond donors (Lipinski definition) is 1. The Morgan fingerprint density at radius 1 is 1.46 bits per heavy atom. The molecule has 3 heteroatoms. The highest BCUT2D eigenvalue weighted by atomic mass is 15.2. The number of rotatable bonds is 1. The monoisotopic (exact) mass is 179 g/mol. The van der Waals surface area contributed by atoms with Crippen molar-refractivity contribution >= 4 is 6.21 Å². The fraction of sp³-hybridized carbons (Fsp3) is 0.700. The summed E-state index contributed by atoms with van der Waals surface area (Å²) < 4.78 is 0. The summed E-state index contributed by atoms with van der Waals surface area (Å²) in [5.74, 6) is 0. The van der Waals surface area contributed by atoms with Crippen LogP contribution >= 0.6 is 0 Å². The molecule has 3 nitrogen and oxygen atoms in total. The van der Waals surface area contributed by atoms with E-state index in [1.54, 1.807) is 0 Å². The van der Waals surface area contributed by atoms with Crippen molar-refractivity contribution in [2.45, 2.75) is 19.4 Å². The summed E-state index contributed by atoms with van der Waals surface area (Å²) in [6, 6.07) is 0.478. The van der Waals surface area contributed by atoms with Crippen LogP contribution in [0.3, 0.4) is 0 Å². The molecule has 0 aromatic heterocycles. The molecule has 2 aliphatic heterocycles. The fourth-order valence-corrected chi connectivity index (χ4v) is 1.74. The first-order chi connectivity index (χ1) is 6.36. The first-order valence-electron chi connectivity index (χ1n) is 5.05. The molecular weight excluding hydrogens is 162 g/mol. The van der Waals surface area contributed by atoms with Crippen LogP contribution in [0.5, 0.6) is 0 Å². The van der Waals surface area contributed by atoms with Crippen LogP contribution in [0.1, 0.15) is 13.3 Å². The van der Waals surface area contributed by atoms with E-state index in [4.69, 9.17) is 0 Å². The summed E-state index contributed by atoms with van der Waals surface area (Å²) in [5.41, 5.74) is 1.32. The Balaban J connectivity index is 1.96. The van der Waals surface area contributed by atoms with Crippen LogP contribution in [0.2, 0.25) is 0 Å². The van der Waals surface area contributed by atoms with Gasteiger partial charge in [-0.1, -0.05) is 6.08 Å². The van der Waals surface area contributed by atoms with Crippen LogP contribution in [0.4, 0.5) is 0 Å². The van der Waals surface area contributed by atoms with Gasteiger partial charge < -0.3 is 10.2 Å². The van der Waals surface area contributed by atoms with Gasteiger partial charge in [0.25, 0.3) is 0 Å². The fourth-order valence-electron chi connectivity index (χ4n) is 1.74. The van der Waals surface area contributed by atoms with E-state index < -0.39 is 0 Å². The third kappa shape index (κ3) is 2.10. The molecule has 1 atom stereocenters. The molecule has 1 fully saturated rings. The number of aliphatic imine (C=N–C) groups is 1. The molecule has 2 aliphatic rings. The van der Waals surface area contributed by atoms with Crippen molar-refractivity contribution in [3.05, 3.63) is 11.8 Å². The van der Waals surface area contributed by atoms with Crippen molar-refractivity contribution < 1.29 is 0 Å². The molecule has 72 valence electrons. The zero-order valence-electron chi connectivity index (χ0n) is 8.16. The number of allylic oxidation sites excluding steroid dienone is 1. The quantitative estimate of drug-likeness (QED) is 0.639. The predicted octanol–water partition coefficient (Wildman–Crippen LogP) is 0.638. The maximum absolute atomic E-state index is 4.43. The van der Waals surface area contributed by atoms with Gasteiger partial charge in [0.1, 0.15) is 0 Å². The normalized spacial score (nSPS) is 28.8. The maximum Gasteiger partial charge on any atom is 0.0509 e. The molecule has 0 aromatic carbocycles. The molecule has 1 unspecified atom stereocenters. The van der Waals surface area contributed by atoms with E-state index in [1.807, 2.05) is 6.21 Å². The van der Waals surface area contributed by atoms with Gasteiger partial charge in [-0.2, -0.15) is 0 Å². The van der Waals surface area contributed by atoms with Crippen molar-refractivity contribution in [3.8, 4) is 0 Å². The lowest BCUT2D eigenvalue weighted by Crippen LogP contribution is -2.43. The second kappa shape index (κ2) is 3.92. The zero-order chi connectivity index (χ0) is 9.10. The number of dihydropyridines is 1. The SMILES string of the molecule is CC1CC=C(N2CCNCC2)C=N1. The van der Waals surface area contributed by atoms with E-state index in [9.17, 15) is 0 Å². The van der Waals surface area contributed by atoms with Crippen molar-refractivity contribution in [3.63, 3.8) is 0 Å². The van der Waals surface area contributed by atoms with Gasteiger partial charge in [0.2, 0.25) is 0 Å². The molecular formula is C10H17N3. The minimum Gasteiger partial charge on any atom is -0.368 e. The van der Waals surface area contributed by atoms with Gasteiger partial charge in [-0.3, -0.25) is 4.99 Å². The highest BCUT2D eigenvalue weighted by Gasteiger charge is 2.13. The first-order valence-corrected chi connectivity index (χ1v) is 5.05. The average Bonchev–Trinajstić information content (AvgIpc) is 2.20. The summed E-state index contributed by atoms with van der Waals surface area (Å²) in [4.78, 5) is 6.84. The van der Waals surface area contributed by atoms with Gasteiger partial charge in [-0.05, 0) is 13.3 Å². The van der Waals surface area contributed by atoms with Crippen LogP contribution in [0, 0.1) is 0 Å². The van der Waals surface area contributed by atoms with E-state index in [1.165, 1.54) is 5.70 Å². The molecule has 2 heterocycles. The standard InChI is InChI=1S/C10H17N3/c1-9-2-3-10(8-12-9)13-6-4-11-5-7-13/h3,8-9,11H,2,4-7H2,1H3. The second-order valence-electron chi connectivity index (χ2n) is 3.73. The minimum absolute atomic E-state index is 0.478. The molecule has 0 aliphatic carbocycles. The topological polar surface area (TPSA) is 27.6 Å². The Bertz CT molecular complexity index is 226. The lowest BCUT2D eigenvalue weighted by molar-refractivity contribution is 0.311. The van der Waals surface area contributed by atoms with Crippen molar-refractivity contribution in [2.75, 3.05) is 26.2 Å². The lowest BCUT2D eigenvalue weighted by Gasteiger charge is -2.31. The van der Waals surface area contributed by atoms with Gasteiger partial charge in [-0.25, -0.2) is 0 Å². The number of piperazine rings is 1. The predicted molar refractivity (Wildman–Crippen MR) is 55.1 cm³/mol. The number of nitrogens with one attached hydrogen (secondary N) is 1. The second-order valence-corrected chi connectivity index (χ2v) is 3.73. The van der Waals surface area contributed by atoms with Crippen molar-refractivity contribution in [1.29, 1.82) is 0 Å². The van der Waals surface area contributed by atoms with Gasteiger partial charge in [0.05, 0.1) is 11.7 Å². The highest BCUT2D eigenvalue weighted by molar-refractivity contribution is 5.78. The van der Waals surface area contributed by atoms with Crippen LogP contribution in [0.25, 0.3) is 0 Å². The summed E-state index contributed by atoms with van der Waals surface area (Å²) in [6.45, 7) is 6.58. The first kappa shape index (κ1) is 8.75. The Morgan fingerprint density at radius 3 is 2.85 bits per heavy atom. The molecule has 2 rings (SSSR count). The van der Waals surface area contributed by atoms with E-state index in [-0.39, 0.29) is 0 Å². The third-order valence-corrected chi connectivity index (χ3v) is 2.61. The summed E-state index contributed by atoms with van der Waals surface area (Å²) in [6.07, 6.45) is 5.43. The Kier molecular flexibility index (Phi) is 2.64. The average molecular weight is 179 g/mol. The smallest absolute Gasteiger partial charge is 0.0509 e. The van der Waals surface area contributed by atoms with E-state index in [0.29, 0.717) is 6.04 Å². The van der Waals surface area contributed by atoms with E-state index in [2.05, 4.69) is 28.2 Å². The third-order valence-electron chi connectivity index (χ3n) is 2.61. The van der Waals surface area contributed by atoms with Crippen LogP contribution in [-0.4, -0.2) is 43.3 Å². The summed E-state index contributed by atoms with van der Waals surface area (Å²) in [5, 5.41) is 3.35. The van der Waals surface area contributed by atoms with Crippen molar-refractivity contribution in [1.82, 2.24) is 10.2 Å². The van der Waals surface area contributed by atoms with Crippen molar-refractivity contribution in [2.24, 2.45) is 4.99 Å². The molecule has 1 saturated heterocycles. The molecule has 0 amide bonds. The van der Waals surface area contributed by atoms with Gasteiger partial charge in [-0.15, -0.1) is 0 Å². The van der Waals surface area contributed by atoms with Crippen LogP contribution in [0.15, 0.2) is 16.8 Å². The molecule has 0 radical (unpaired) electrons. The Labute approximate surface area is 79.5 Å². The van der Waals surface area contributed by atoms with Gasteiger partial charge in [0, 0.05) is 32.4 Å². The van der Waals surface area contributed by atoms with E-state index in [0.717, 1.165) is 32.6 Å². The van der Waals surface area contributed by atoms with Crippen LogP contribution in [-0.2, 0) is 0 Å². The lowest BCUT2D eigenvalue weighted by atomic mass is 10.1. The van der Waals surface area contributed by atoms with Gasteiger partial charge >= 0.3 is 0 Å². The molecule has 0 saturated carbocycles. The largest absolute Gasteiger partial charge is 0.368 e. The number of hydrogen-bond acceptors (Lipinski definition) is 3.